The molecule has 2 N–H and O–H groups in total. The van der Waals surface area contributed by atoms with Crippen molar-refractivity contribution in [2.24, 2.45) is 0 Å². The zero-order chi connectivity index (χ0) is 21.1. The Morgan fingerprint density at radius 2 is 1.96 bits per heavy atom. The quantitative estimate of drug-likeness (QED) is 0.696. The van der Waals surface area contributed by atoms with E-state index in [1.807, 2.05) is 0 Å². The molecule has 28 heavy (non-hydrogen) atoms. The summed E-state index contributed by atoms with van der Waals surface area (Å²) in [6.07, 6.45) is -4.68. The summed E-state index contributed by atoms with van der Waals surface area (Å²) in [4.78, 5) is 19.1. The monoisotopic (exact) mass is 441 g/mol. The van der Waals surface area contributed by atoms with Gasteiger partial charge in [-0.05, 0) is 13.8 Å². The summed E-state index contributed by atoms with van der Waals surface area (Å²) in [5, 5.41) is 1.51. The van der Waals surface area contributed by atoms with Crippen molar-refractivity contribution in [3.05, 3.63) is 17.5 Å². The molecule has 0 aromatic carbocycles. The molecule has 2 aromatic heterocycles. The molecule has 2 amide bonds. The van der Waals surface area contributed by atoms with E-state index < -0.39 is 38.8 Å². The smallest absolute Gasteiger partial charge is 0.422 e. The Labute approximate surface area is 161 Å². The van der Waals surface area contributed by atoms with Crippen LogP contribution in [0.5, 0.6) is 10.9 Å². The molecule has 0 radical (unpaired) electrons. The van der Waals surface area contributed by atoms with Gasteiger partial charge in [0.05, 0.1) is 12.8 Å². The van der Waals surface area contributed by atoms with Crippen LogP contribution in [-0.2, 0) is 10.0 Å². The van der Waals surface area contributed by atoms with Gasteiger partial charge in [0, 0.05) is 23.3 Å². The molecule has 0 aliphatic carbocycles. The number of ether oxygens (including phenoxy) is 2. The number of sulfonamides is 1. The Bertz CT molecular complexity index is 977. The Morgan fingerprint density at radius 1 is 1.29 bits per heavy atom. The lowest BCUT2D eigenvalue weighted by atomic mass is 10.4. The third kappa shape index (κ3) is 5.66. The van der Waals surface area contributed by atoms with E-state index in [0.29, 0.717) is 17.2 Å². The van der Waals surface area contributed by atoms with Gasteiger partial charge in [-0.25, -0.2) is 22.9 Å². The lowest BCUT2D eigenvalue weighted by molar-refractivity contribution is -0.153. The molecule has 0 atom stereocenters. The van der Waals surface area contributed by atoms with Crippen LogP contribution in [0.3, 0.4) is 0 Å². The second-order valence-corrected chi connectivity index (χ2v) is 7.58. The second-order valence-electron chi connectivity index (χ2n) is 5.22. The molecule has 10 nitrogen and oxygen atoms in total. The molecule has 2 rings (SSSR count). The predicted molar refractivity (Wildman–Crippen MR) is 91.1 cm³/mol. The van der Waals surface area contributed by atoms with E-state index in [0.717, 1.165) is 0 Å². The van der Waals surface area contributed by atoms with Gasteiger partial charge in [0.1, 0.15) is 0 Å². The standard InChI is InChI=1S/C13H14F3N5O5S2/c1-6-4-8(25-3)18-11(17-6)19-12(22)21-28(23,24)9-7(2)20-27-10(9)26-5-13(14,15)16/h4H,5H2,1-3H3,(H2,17,18,19,21,22). The van der Waals surface area contributed by atoms with Crippen molar-refractivity contribution in [3.63, 3.8) is 0 Å². The Hall–Kier alpha value is -2.68. The summed E-state index contributed by atoms with van der Waals surface area (Å²) in [6.45, 7) is 1.13. The van der Waals surface area contributed by atoms with Crippen LogP contribution in [0.25, 0.3) is 0 Å². The van der Waals surface area contributed by atoms with E-state index in [9.17, 15) is 26.4 Å². The molecule has 0 saturated carbocycles. The minimum atomic E-state index is -4.68. The highest BCUT2D eigenvalue weighted by molar-refractivity contribution is 7.90. The van der Waals surface area contributed by atoms with Gasteiger partial charge < -0.3 is 9.47 Å². The molecule has 2 aromatic rings. The van der Waals surface area contributed by atoms with Crippen LogP contribution in [0.15, 0.2) is 11.0 Å². The molecular weight excluding hydrogens is 427 g/mol. The van der Waals surface area contributed by atoms with Gasteiger partial charge in [-0.1, -0.05) is 0 Å². The number of aryl methyl sites for hydroxylation is 2. The third-order valence-corrected chi connectivity index (χ3v) is 5.36. The summed E-state index contributed by atoms with van der Waals surface area (Å²) < 4.78 is 76.5. The average Bonchev–Trinajstić information content (AvgIpc) is 2.92. The maximum atomic E-state index is 12.4. The number of anilines is 1. The van der Waals surface area contributed by atoms with E-state index in [-0.39, 0.29) is 17.5 Å². The molecule has 0 saturated heterocycles. The van der Waals surface area contributed by atoms with Crippen molar-refractivity contribution >= 4 is 33.5 Å². The number of carbonyl (C=O) groups excluding carboxylic acids is 1. The van der Waals surface area contributed by atoms with Gasteiger partial charge in [0.15, 0.2) is 11.5 Å². The first-order valence-electron chi connectivity index (χ1n) is 7.30. The lowest BCUT2D eigenvalue weighted by Gasteiger charge is -2.11. The number of rotatable bonds is 6. The van der Waals surface area contributed by atoms with Crippen molar-refractivity contribution in [3.8, 4) is 10.9 Å². The van der Waals surface area contributed by atoms with Crippen LogP contribution in [0.1, 0.15) is 11.4 Å². The van der Waals surface area contributed by atoms with Crippen LogP contribution >= 0.6 is 11.5 Å². The van der Waals surface area contributed by atoms with E-state index in [2.05, 4.69) is 24.4 Å². The molecular formula is C13H14F3N5O5S2. The van der Waals surface area contributed by atoms with Gasteiger partial charge in [-0.3, -0.25) is 5.32 Å². The van der Waals surface area contributed by atoms with Crippen LogP contribution in [-0.4, -0.2) is 48.7 Å². The fourth-order valence-corrected chi connectivity index (χ4v) is 4.15. The van der Waals surface area contributed by atoms with E-state index >= 15 is 0 Å². The SMILES string of the molecule is COc1cc(C)nc(NC(=O)NS(=O)(=O)c2c(C)nsc2OCC(F)(F)F)n1. The van der Waals surface area contributed by atoms with Gasteiger partial charge in [0.2, 0.25) is 16.9 Å². The Morgan fingerprint density at radius 3 is 2.57 bits per heavy atom. The summed E-state index contributed by atoms with van der Waals surface area (Å²) in [6, 6.07) is 0.241. The topological polar surface area (TPSA) is 132 Å². The average molecular weight is 441 g/mol. The molecule has 2 heterocycles. The third-order valence-electron chi connectivity index (χ3n) is 2.91. The number of alkyl halides is 3. The first-order valence-corrected chi connectivity index (χ1v) is 9.56. The minimum absolute atomic E-state index is 0.129. The zero-order valence-electron chi connectivity index (χ0n) is 14.6. The maximum Gasteiger partial charge on any atom is 0.422 e. The van der Waals surface area contributed by atoms with Gasteiger partial charge in [0.25, 0.3) is 10.0 Å². The second kappa shape index (κ2) is 8.14. The lowest BCUT2D eigenvalue weighted by Crippen LogP contribution is -2.35. The molecule has 154 valence electrons. The molecule has 15 heteroatoms. The molecule has 0 spiro atoms. The number of nitrogens with zero attached hydrogens (tertiary/aromatic N) is 3. The zero-order valence-corrected chi connectivity index (χ0v) is 16.3. The molecule has 0 bridgehead atoms. The summed E-state index contributed by atoms with van der Waals surface area (Å²) in [5.41, 5.74) is 0.307. The number of amides is 2. The maximum absolute atomic E-state index is 12.4. The summed E-state index contributed by atoms with van der Waals surface area (Å²) in [5.74, 6) is -0.107. The number of halogens is 3. The fraction of sp³-hybridized carbons (Fsp3) is 0.385. The molecule has 0 fully saturated rings. The Kier molecular flexibility index (Phi) is 6.28. The molecule has 0 aliphatic rings. The number of hydrogen-bond acceptors (Lipinski definition) is 9. The number of nitrogens with one attached hydrogen (secondary N) is 2. The summed E-state index contributed by atoms with van der Waals surface area (Å²) in [7, 11) is -3.25. The van der Waals surface area contributed by atoms with Crippen LogP contribution in [0, 0.1) is 13.8 Å². The predicted octanol–water partition coefficient (Wildman–Crippen LogP) is 2.01. The largest absolute Gasteiger partial charge is 0.481 e. The van der Waals surface area contributed by atoms with Crippen LogP contribution in [0.2, 0.25) is 0 Å². The van der Waals surface area contributed by atoms with Gasteiger partial charge >= 0.3 is 12.2 Å². The minimum Gasteiger partial charge on any atom is -0.481 e. The van der Waals surface area contributed by atoms with E-state index in [1.54, 1.807) is 11.6 Å². The van der Waals surface area contributed by atoms with Crippen molar-refractivity contribution in [1.29, 1.82) is 0 Å². The van der Waals surface area contributed by atoms with Crippen LogP contribution < -0.4 is 19.5 Å². The molecule has 0 unspecified atom stereocenters. The Balaban J connectivity index is 2.18. The highest BCUT2D eigenvalue weighted by Crippen LogP contribution is 2.32. The highest BCUT2D eigenvalue weighted by atomic mass is 32.2. The van der Waals surface area contributed by atoms with Crippen molar-refractivity contribution in [2.75, 3.05) is 19.0 Å². The van der Waals surface area contributed by atoms with E-state index in [1.165, 1.54) is 20.1 Å². The number of aromatic nitrogens is 3. The van der Waals surface area contributed by atoms with E-state index in [4.69, 9.17) is 4.74 Å². The van der Waals surface area contributed by atoms with Gasteiger partial charge in [-0.15, -0.1) is 0 Å². The van der Waals surface area contributed by atoms with Crippen LogP contribution in [0.4, 0.5) is 23.9 Å². The number of carbonyl (C=O) groups is 1. The number of hydrogen-bond donors (Lipinski definition) is 2. The fourth-order valence-electron chi connectivity index (χ4n) is 1.88. The van der Waals surface area contributed by atoms with Gasteiger partial charge in [-0.2, -0.15) is 22.5 Å². The first kappa shape index (κ1) is 21.6. The molecule has 0 aliphatic heterocycles. The normalized spacial score (nSPS) is 11.8. The highest BCUT2D eigenvalue weighted by Gasteiger charge is 2.33. The first-order chi connectivity index (χ1) is 12.9. The number of urea groups is 1. The number of methoxy groups -OCH3 is 1. The van der Waals surface area contributed by atoms with Crippen molar-refractivity contribution in [1.82, 2.24) is 19.1 Å². The summed E-state index contributed by atoms with van der Waals surface area (Å²) >= 11 is 0.417. The van der Waals surface area contributed by atoms with Crippen molar-refractivity contribution in [2.45, 2.75) is 24.9 Å². The van der Waals surface area contributed by atoms with Crippen molar-refractivity contribution < 1.29 is 35.9 Å².